The molecule has 0 spiro atoms. The Bertz CT molecular complexity index is 303. The van der Waals surface area contributed by atoms with Crippen LogP contribution >= 0.6 is 0 Å². The number of carbonyl (C=O) groups is 2. The van der Waals surface area contributed by atoms with Gasteiger partial charge in [-0.3, -0.25) is 9.59 Å². The summed E-state index contributed by atoms with van der Waals surface area (Å²) in [5, 5.41) is 8.50. The number of aliphatic carboxylic acids is 1. The first-order valence-corrected chi connectivity index (χ1v) is 4.76. The van der Waals surface area contributed by atoms with Crippen molar-refractivity contribution in [1.29, 1.82) is 0 Å². The van der Waals surface area contributed by atoms with Crippen molar-refractivity contribution in [3.63, 3.8) is 0 Å². The van der Waals surface area contributed by atoms with E-state index in [2.05, 4.69) is 0 Å². The minimum atomic E-state index is -0.826. The average molecular weight is 211 g/mol. The Hall–Kier alpha value is -1.58. The quantitative estimate of drug-likeness (QED) is 0.517. The molecule has 1 amide bonds. The maximum absolute atomic E-state index is 10.5. The van der Waals surface area contributed by atoms with Crippen molar-refractivity contribution in [2.75, 3.05) is 0 Å². The number of carboxylic acids is 1. The van der Waals surface area contributed by atoms with Crippen molar-refractivity contribution in [3.8, 4) is 0 Å². The maximum Gasteiger partial charge on any atom is 0.307 e. The molecular weight excluding hydrogens is 194 g/mol. The highest BCUT2D eigenvalue weighted by Gasteiger charge is 1.98. The van der Waals surface area contributed by atoms with Crippen LogP contribution in [0.4, 0.5) is 0 Å². The van der Waals surface area contributed by atoms with Gasteiger partial charge >= 0.3 is 5.97 Å². The molecule has 0 aromatic carbocycles. The molecule has 0 fully saturated rings. The molecule has 0 bridgehead atoms. The molecular formula is C11H17NO3. The summed E-state index contributed by atoms with van der Waals surface area (Å²) in [6.45, 7) is 3.60. The summed E-state index contributed by atoms with van der Waals surface area (Å²) in [6.07, 6.45) is 4.78. The molecule has 15 heavy (non-hydrogen) atoms. The second-order valence-corrected chi connectivity index (χ2v) is 3.55. The Kier molecular flexibility index (Phi) is 6.09. The van der Waals surface area contributed by atoms with Crippen LogP contribution in [-0.2, 0) is 9.59 Å². The van der Waals surface area contributed by atoms with E-state index in [4.69, 9.17) is 10.8 Å². The van der Waals surface area contributed by atoms with E-state index in [0.29, 0.717) is 0 Å². The van der Waals surface area contributed by atoms with Crippen molar-refractivity contribution >= 4 is 11.9 Å². The van der Waals surface area contributed by atoms with Crippen LogP contribution in [0.1, 0.15) is 33.1 Å². The summed E-state index contributed by atoms with van der Waals surface area (Å²) in [5.74, 6) is -1.27. The fourth-order valence-corrected chi connectivity index (χ4v) is 1.17. The lowest BCUT2D eigenvalue weighted by atomic mass is 10.1. The molecule has 0 aliphatic rings. The third kappa shape index (κ3) is 8.74. The van der Waals surface area contributed by atoms with Gasteiger partial charge in [0.05, 0.1) is 6.42 Å². The Morgan fingerprint density at radius 2 is 1.87 bits per heavy atom. The minimum Gasteiger partial charge on any atom is -0.481 e. The van der Waals surface area contributed by atoms with Crippen LogP contribution in [0.2, 0.25) is 0 Å². The summed E-state index contributed by atoms with van der Waals surface area (Å²) in [4.78, 5) is 20.8. The highest BCUT2D eigenvalue weighted by molar-refractivity contribution is 5.86. The summed E-state index contributed by atoms with van der Waals surface area (Å²) < 4.78 is 0. The molecule has 0 aromatic heterocycles. The first-order chi connectivity index (χ1) is 6.91. The number of carbonyl (C=O) groups excluding carboxylic acids is 1. The highest BCUT2D eigenvalue weighted by Crippen LogP contribution is 2.08. The van der Waals surface area contributed by atoms with Crippen molar-refractivity contribution in [2.45, 2.75) is 33.1 Å². The molecule has 0 rings (SSSR count). The number of primary amides is 1. The number of nitrogens with two attached hydrogens (primary N) is 1. The van der Waals surface area contributed by atoms with E-state index in [1.807, 2.05) is 13.0 Å². The Labute approximate surface area is 89.5 Å². The van der Waals surface area contributed by atoms with Gasteiger partial charge in [-0.2, -0.15) is 0 Å². The molecule has 3 N–H and O–H groups in total. The lowest BCUT2D eigenvalue weighted by Gasteiger charge is -1.98. The topological polar surface area (TPSA) is 80.4 Å². The third-order valence-electron chi connectivity index (χ3n) is 1.85. The van der Waals surface area contributed by atoms with E-state index in [9.17, 15) is 9.59 Å². The van der Waals surface area contributed by atoms with Crippen LogP contribution in [0.3, 0.4) is 0 Å². The van der Waals surface area contributed by atoms with Gasteiger partial charge in [0, 0.05) is 6.08 Å². The number of hydrogen-bond acceptors (Lipinski definition) is 2. The van der Waals surface area contributed by atoms with E-state index >= 15 is 0 Å². The van der Waals surface area contributed by atoms with Gasteiger partial charge in [-0.15, -0.1) is 0 Å². The average Bonchev–Trinajstić information content (AvgIpc) is 2.00. The molecule has 0 radical (unpaired) electrons. The van der Waals surface area contributed by atoms with Gasteiger partial charge in [-0.25, -0.2) is 0 Å². The van der Waals surface area contributed by atoms with Gasteiger partial charge in [-0.1, -0.05) is 17.2 Å². The Morgan fingerprint density at radius 3 is 2.33 bits per heavy atom. The first-order valence-electron chi connectivity index (χ1n) is 4.76. The number of amides is 1. The molecule has 0 heterocycles. The van der Waals surface area contributed by atoms with Gasteiger partial charge in [0.25, 0.3) is 0 Å². The van der Waals surface area contributed by atoms with Crippen molar-refractivity contribution in [1.82, 2.24) is 0 Å². The zero-order valence-corrected chi connectivity index (χ0v) is 9.12. The van der Waals surface area contributed by atoms with Crippen LogP contribution in [0.5, 0.6) is 0 Å². The number of allylic oxidation sites excluding steroid dienone is 2. The van der Waals surface area contributed by atoms with Crippen molar-refractivity contribution < 1.29 is 14.7 Å². The predicted octanol–water partition coefficient (Wildman–Crippen LogP) is 1.62. The lowest BCUT2D eigenvalue weighted by Crippen LogP contribution is -2.06. The van der Waals surface area contributed by atoms with Crippen molar-refractivity contribution in [3.05, 3.63) is 23.3 Å². The second kappa shape index (κ2) is 6.81. The van der Waals surface area contributed by atoms with E-state index < -0.39 is 11.9 Å². The Balaban J connectivity index is 3.97. The van der Waals surface area contributed by atoms with Crippen LogP contribution in [0.15, 0.2) is 23.3 Å². The molecule has 0 aliphatic heterocycles. The van der Waals surface area contributed by atoms with Crippen LogP contribution < -0.4 is 5.73 Å². The molecule has 0 saturated carbocycles. The molecule has 4 heteroatoms. The van der Waals surface area contributed by atoms with E-state index in [1.54, 1.807) is 6.92 Å². The number of carboxylic acid groups (broad SMARTS) is 1. The molecule has 4 nitrogen and oxygen atoms in total. The summed E-state index contributed by atoms with van der Waals surface area (Å²) in [6, 6.07) is 0. The Morgan fingerprint density at radius 1 is 1.27 bits per heavy atom. The zero-order chi connectivity index (χ0) is 11.8. The van der Waals surface area contributed by atoms with Gasteiger partial charge in [0.1, 0.15) is 0 Å². The summed E-state index contributed by atoms with van der Waals surface area (Å²) >= 11 is 0. The van der Waals surface area contributed by atoms with Crippen LogP contribution in [-0.4, -0.2) is 17.0 Å². The fraction of sp³-hybridized carbons (Fsp3) is 0.455. The van der Waals surface area contributed by atoms with Gasteiger partial charge in [0.2, 0.25) is 5.91 Å². The zero-order valence-electron chi connectivity index (χ0n) is 9.12. The number of hydrogen-bond donors (Lipinski definition) is 2. The fourth-order valence-electron chi connectivity index (χ4n) is 1.17. The smallest absolute Gasteiger partial charge is 0.307 e. The predicted molar refractivity (Wildman–Crippen MR) is 58.2 cm³/mol. The minimum absolute atomic E-state index is 0.0680. The molecule has 0 saturated heterocycles. The maximum atomic E-state index is 10.5. The lowest BCUT2D eigenvalue weighted by molar-refractivity contribution is -0.136. The summed E-state index contributed by atoms with van der Waals surface area (Å²) in [5.41, 5.74) is 6.71. The molecule has 0 aromatic rings. The highest BCUT2D eigenvalue weighted by atomic mass is 16.4. The second-order valence-electron chi connectivity index (χ2n) is 3.55. The van der Waals surface area contributed by atoms with E-state index in [0.717, 1.165) is 24.0 Å². The molecule has 0 unspecified atom stereocenters. The molecule has 0 atom stereocenters. The van der Waals surface area contributed by atoms with E-state index in [1.165, 1.54) is 6.08 Å². The van der Waals surface area contributed by atoms with Crippen LogP contribution in [0, 0.1) is 0 Å². The van der Waals surface area contributed by atoms with Gasteiger partial charge in [0.15, 0.2) is 0 Å². The molecule has 84 valence electrons. The normalized spacial score (nSPS) is 12.7. The van der Waals surface area contributed by atoms with E-state index in [-0.39, 0.29) is 6.42 Å². The van der Waals surface area contributed by atoms with Gasteiger partial charge < -0.3 is 10.8 Å². The van der Waals surface area contributed by atoms with Gasteiger partial charge in [-0.05, 0) is 26.7 Å². The van der Waals surface area contributed by atoms with Crippen LogP contribution in [0.25, 0.3) is 0 Å². The SMILES string of the molecule is CC(=CCC/C(C)=C\C(N)=O)CC(=O)O. The van der Waals surface area contributed by atoms with Crippen molar-refractivity contribution in [2.24, 2.45) is 5.73 Å². The molecule has 0 aliphatic carbocycles. The number of rotatable bonds is 6. The standard InChI is InChI=1S/C11H17NO3/c1-8(6-10(12)13)4-3-5-9(2)7-11(14)15/h5-6H,3-4,7H2,1-2H3,(H2,12,13)(H,14,15)/b8-6-,9-5?. The monoisotopic (exact) mass is 211 g/mol. The first kappa shape index (κ1) is 13.4. The third-order valence-corrected chi connectivity index (χ3v) is 1.85. The largest absolute Gasteiger partial charge is 0.481 e. The summed E-state index contributed by atoms with van der Waals surface area (Å²) in [7, 11) is 0.